The molecule has 3 rings (SSSR count). The van der Waals surface area contributed by atoms with Gasteiger partial charge >= 0.3 is 0 Å². The zero-order valence-electron chi connectivity index (χ0n) is 17.0. The van der Waals surface area contributed by atoms with Crippen molar-refractivity contribution in [1.82, 2.24) is 10.0 Å². The van der Waals surface area contributed by atoms with E-state index >= 15 is 0 Å². The van der Waals surface area contributed by atoms with Crippen molar-refractivity contribution in [1.29, 1.82) is 0 Å². The summed E-state index contributed by atoms with van der Waals surface area (Å²) in [7, 11) is -2.16. The molecule has 3 N–H and O–H groups in total. The first-order valence-electron chi connectivity index (χ1n) is 9.63. The van der Waals surface area contributed by atoms with Crippen LogP contribution in [0.5, 0.6) is 5.75 Å². The zero-order valence-corrected chi connectivity index (χ0v) is 17.8. The molecule has 0 aliphatic rings. The third-order valence-corrected chi connectivity index (χ3v) is 6.11. The number of ether oxygens (including phenoxy) is 1. The number of sulfonamides is 1. The highest BCUT2D eigenvalue weighted by Crippen LogP contribution is 2.16. The molecule has 1 atom stereocenters. The molecule has 0 saturated heterocycles. The highest BCUT2D eigenvalue weighted by molar-refractivity contribution is 7.89. The van der Waals surface area contributed by atoms with Crippen molar-refractivity contribution >= 4 is 15.9 Å². The van der Waals surface area contributed by atoms with Gasteiger partial charge in [0.2, 0.25) is 10.0 Å². The summed E-state index contributed by atoms with van der Waals surface area (Å²) < 4.78 is 32.4. The van der Waals surface area contributed by atoms with Crippen molar-refractivity contribution < 1.29 is 23.1 Å². The van der Waals surface area contributed by atoms with Crippen LogP contribution in [-0.4, -0.2) is 33.1 Å². The van der Waals surface area contributed by atoms with Crippen LogP contribution >= 0.6 is 0 Å². The van der Waals surface area contributed by atoms with Crippen LogP contribution in [0.2, 0.25) is 0 Å². The predicted octanol–water partition coefficient (Wildman–Crippen LogP) is 2.64. The van der Waals surface area contributed by atoms with E-state index in [-0.39, 0.29) is 23.9 Å². The molecule has 0 radical (unpaired) electrons. The van der Waals surface area contributed by atoms with E-state index < -0.39 is 16.1 Å². The van der Waals surface area contributed by atoms with Crippen molar-refractivity contribution in [3.05, 3.63) is 95.6 Å². The molecule has 0 fully saturated rings. The summed E-state index contributed by atoms with van der Waals surface area (Å²) in [4.78, 5) is 12.4. The van der Waals surface area contributed by atoms with Crippen LogP contribution < -0.4 is 14.8 Å². The van der Waals surface area contributed by atoms with Gasteiger partial charge in [-0.25, -0.2) is 13.1 Å². The summed E-state index contributed by atoms with van der Waals surface area (Å²) >= 11 is 0. The number of carbonyl (C=O) groups excluding carboxylic acids is 1. The fourth-order valence-electron chi connectivity index (χ4n) is 2.88. The van der Waals surface area contributed by atoms with Gasteiger partial charge in [-0.05, 0) is 47.5 Å². The van der Waals surface area contributed by atoms with Crippen LogP contribution in [-0.2, 0) is 16.6 Å². The molecule has 0 bridgehead atoms. The Hall–Kier alpha value is -3.20. The van der Waals surface area contributed by atoms with Gasteiger partial charge < -0.3 is 15.2 Å². The minimum atomic E-state index is -3.67. The van der Waals surface area contributed by atoms with E-state index in [0.717, 1.165) is 5.56 Å². The molecule has 3 aromatic rings. The highest BCUT2D eigenvalue weighted by Gasteiger charge is 2.14. The molecule has 0 aliphatic heterocycles. The van der Waals surface area contributed by atoms with E-state index in [2.05, 4.69) is 10.0 Å². The molecule has 0 unspecified atom stereocenters. The third-order valence-electron chi connectivity index (χ3n) is 4.69. The Morgan fingerprint density at radius 2 is 1.61 bits per heavy atom. The van der Waals surface area contributed by atoms with Gasteiger partial charge in [-0.2, -0.15) is 0 Å². The first-order chi connectivity index (χ1) is 14.9. The minimum absolute atomic E-state index is 0.0863. The average molecular weight is 441 g/mol. The van der Waals surface area contributed by atoms with Crippen LogP contribution in [0, 0.1) is 0 Å². The van der Waals surface area contributed by atoms with E-state index in [9.17, 15) is 18.3 Å². The van der Waals surface area contributed by atoms with E-state index in [1.165, 1.54) is 19.2 Å². The van der Waals surface area contributed by atoms with Gasteiger partial charge in [0, 0.05) is 18.7 Å². The van der Waals surface area contributed by atoms with Gasteiger partial charge in [-0.3, -0.25) is 4.79 Å². The number of methoxy groups -OCH3 is 1. The van der Waals surface area contributed by atoms with Gasteiger partial charge in [0.15, 0.2) is 0 Å². The number of aliphatic hydroxyl groups is 1. The second kappa shape index (κ2) is 10.2. The second-order valence-corrected chi connectivity index (χ2v) is 8.60. The number of nitrogens with one attached hydrogen (secondary N) is 2. The summed E-state index contributed by atoms with van der Waals surface area (Å²) in [6.45, 7) is 0.176. The van der Waals surface area contributed by atoms with Crippen molar-refractivity contribution in [3.63, 3.8) is 0 Å². The molecule has 31 heavy (non-hydrogen) atoms. The van der Waals surface area contributed by atoms with Gasteiger partial charge in [0.05, 0.1) is 18.1 Å². The standard InChI is InChI=1S/C23H24N2O5S/c1-30-20-11-13-21(14-12-20)31(28,29)25-15-17-7-9-19(10-8-17)23(27)24-16-22(26)18-5-3-2-4-6-18/h2-14,22,25-26H,15-16H2,1H3,(H,24,27)/t22-/m0/s1. The van der Waals surface area contributed by atoms with Crippen LogP contribution in [0.15, 0.2) is 83.8 Å². The fraction of sp³-hybridized carbons (Fsp3) is 0.174. The summed E-state index contributed by atoms with van der Waals surface area (Å²) in [6, 6.07) is 21.8. The SMILES string of the molecule is COc1ccc(S(=O)(=O)NCc2ccc(C(=O)NC[C@H](O)c3ccccc3)cc2)cc1. The van der Waals surface area contributed by atoms with Crippen LogP contribution in [0.3, 0.4) is 0 Å². The summed E-state index contributed by atoms with van der Waals surface area (Å²) in [5, 5.41) is 12.8. The third kappa shape index (κ3) is 6.14. The Balaban J connectivity index is 1.54. The van der Waals surface area contributed by atoms with E-state index in [1.54, 1.807) is 48.5 Å². The Morgan fingerprint density at radius 3 is 2.23 bits per heavy atom. The number of hydrogen-bond acceptors (Lipinski definition) is 5. The predicted molar refractivity (Wildman–Crippen MR) is 117 cm³/mol. The number of hydrogen-bond donors (Lipinski definition) is 3. The number of carbonyl (C=O) groups is 1. The van der Waals surface area contributed by atoms with Crippen molar-refractivity contribution in [2.45, 2.75) is 17.5 Å². The molecular weight excluding hydrogens is 416 g/mol. The Morgan fingerprint density at radius 1 is 0.968 bits per heavy atom. The maximum atomic E-state index is 12.4. The van der Waals surface area contributed by atoms with E-state index in [0.29, 0.717) is 16.9 Å². The van der Waals surface area contributed by atoms with E-state index in [4.69, 9.17) is 4.74 Å². The lowest BCUT2D eigenvalue weighted by Gasteiger charge is -2.12. The molecule has 0 spiro atoms. The molecule has 0 saturated carbocycles. The maximum Gasteiger partial charge on any atom is 0.251 e. The molecule has 1 amide bonds. The first-order valence-corrected chi connectivity index (χ1v) is 11.1. The lowest BCUT2D eigenvalue weighted by Crippen LogP contribution is -2.28. The summed E-state index contributed by atoms with van der Waals surface area (Å²) in [5.41, 5.74) is 1.85. The average Bonchev–Trinajstić information content (AvgIpc) is 2.82. The zero-order chi connectivity index (χ0) is 22.3. The molecule has 8 heteroatoms. The molecule has 0 heterocycles. The first kappa shape index (κ1) is 22.5. The van der Waals surface area contributed by atoms with Crippen molar-refractivity contribution in [2.75, 3.05) is 13.7 Å². The highest BCUT2D eigenvalue weighted by atomic mass is 32.2. The van der Waals surface area contributed by atoms with Gasteiger partial charge in [0.25, 0.3) is 5.91 Å². The number of aliphatic hydroxyl groups excluding tert-OH is 1. The minimum Gasteiger partial charge on any atom is -0.497 e. The second-order valence-electron chi connectivity index (χ2n) is 6.83. The molecule has 3 aromatic carbocycles. The number of benzene rings is 3. The topological polar surface area (TPSA) is 105 Å². The quantitative estimate of drug-likeness (QED) is 0.475. The molecule has 162 valence electrons. The van der Waals surface area contributed by atoms with Crippen molar-refractivity contribution in [2.24, 2.45) is 0 Å². The lowest BCUT2D eigenvalue weighted by molar-refractivity contribution is 0.0916. The summed E-state index contributed by atoms with van der Waals surface area (Å²) in [5.74, 6) is 0.254. The van der Waals surface area contributed by atoms with E-state index in [1.807, 2.05) is 18.2 Å². The van der Waals surface area contributed by atoms with Crippen LogP contribution in [0.1, 0.15) is 27.6 Å². The van der Waals surface area contributed by atoms with Crippen molar-refractivity contribution in [3.8, 4) is 5.75 Å². The largest absolute Gasteiger partial charge is 0.497 e. The molecule has 0 aromatic heterocycles. The smallest absolute Gasteiger partial charge is 0.251 e. The van der Waals surface area contributed by atoms with Crippen LogP contribution in [0.4, 0.5) is 0 Å². The molecule has 0 aliphatic carbocycles. The van der Waals surface area contributed by atoms with Gasteiger partial charge in [-0.15, -0.1) is 0 Å². The fourth-order valence-corrected chi connectivity index (χ4v) is 3.89. The Kier molecular flexibility index (Phi) is 7.41. The molecule has 7 nitrogen and oxygen atoms in total. The molecular formula is C23H24N2O5S. The number of rotatable bonds is 9. The van der Waals surface area contributed by atoms with Gasteiger partial charge in [0.1, 0.15) is 5.75 Å². The number of amides is 1. The van der Waals surface area contributed by atoms with Crippen LogP contribution in [0.25, 0.3) is 0 Å². The Labute approximate surface area is 181 Å². The normalized spacial score (nSPS) is 12.2. The lowest BCUT2D eigenvalue weighted by atomic mass is 10.1. The Bertz CT molecular complexity index is 1100. The maximum absolute atomic E-state index is 12.4. The monoisotopic (exact) mass is 440 g/mol. The summed E-state index contributed by atoms with van der Waals surface area (Å²) in [6.07, 6.45) is -0.795. The van der Waals surface area contributed by atoms with Gasteiger partial charge in [-0.1, -0.05) is 42.5 Å².